The van der Waals surface area contributed by atoms with Gasteiger partial charge in [0.05, 0.1) is 0 Å². The minimum Gasteiger partial charge on any atom is -0.345 e. The van der Waals surface area contributed by atoms with Crippen molar-refractivity contribution in [3.63, 3.8) is 0 Å². The SMILES string of the molecule is CCCNC(=O)Nc1ccc(-c2ncc[nH]2)cc1. The molecular weight excluding hydrogens is 228 g/mol. The Morgan fingerprint density at radius 1 is 1.33 bits per heavy atom. The largest absolute Gasteiger partial charge is 0.345 e. The first-order valence-corrected chi connectivity index (χ1v) is 5.94. The molecule has 0 radical (unpaired) electrons. The van der Waals surface area contributed by atoms with Gasteiger partial charge < -0.3 is 15.6 Å². The molecule has 5 nitrogen and oxygen atoms in total. The number of hydrogen-bond donors (Lipinski definition) is 3. The van der Waals surface area contributed by atoms with Crippen LogP contribution in [-0.2, 0) is 0 Å². The summed E-state index contributed by atoms with van der Waals surface area (Å²) < 4.78 is 0. The first-order valence-electron chi connectivity index (χ1n) is 5.94. The number of anilines is 1. The number of hydrogen-bond acceptors (Lipinski definition) is 2. The van der Waals surface area contributed by atoms with E-state index in [1.165, 1.54) is 0 Å². The van der Waals surface area contributed by atoms with Gasteiger partial charge in [-0.2, -0.15) is 0 Å². The van der Waals surface area contributed by atoms with Crippen LogP contribution >= 0.6 is 0 Å². The van der Waals surface area contributed by atoms with E-state index in [2.05, 4.69) is 20.6 Å². The molecule has 2 amide bonds. The number of carbonyl (C=O) groups excluding carboxylic acids is 1. The summed E-state index contributed by atoms with van der Waals surface area (Å²) in [6.07, 6.45) is 4.41. The molecule has 0 aliphatic rings. The summed E-state index contributed by atoms with van der Waals surface area (Å²) in [6, 6.07) is 7.34. The molecule has 3 N–H and O–H groups in total. The van der Waals surface area contributed by atoms with E-state index in [4.69, 9.17) is 0 Å². The summed E-state index contributed by atoms with van der Waals surface area (Å²) >= 11 is 0. The Morgan fingerprint density at radius 3 is 2.72 bits per heavy atom. The van der Waals surface area contributed by atoms with E-state index in [-0.39, 0.29) is 6.03 Å². The summed E-state index contributed by atoms with van der Waals surface area (Å²) in [5.41, 5.74) is 1.75. The fourth-order valence-corrected chi connectivity index (χ4v) is 1.55. The quantitative estimate of drug-likeness (QED) is 0.773. The van der Waals surface area contributed by atoms with Gasteiger partial charge in [-0.25, -0.2) is 9.78 Å². The number of rotatable bonds is 4. The highest BCUT2D eigenvalue weighted by Crippen LogP contribution is 2.17. The number of urea groups is 1. The first-order chi connectivity index (χ1) is 8.79. The van der Waals surface area contributed by atoms with Crippen LogP contribution in [0.5, 0.6) is 0 Å². The van der Waals surface area contributed by atoms with E-state index in [0.717, 1.165) is 23.5 Å². The van der Waals surface area contributed by atoms with Crippen LogP contribution in [0.3, 0.4) is 0 Å². The lowest BCUT2D eigenvalue weighted by atomic mass is 10.2. The van der Waals surface area contributed by atoms with Crippen molar-refractivity contribution in [3.8, 4) is 11.4 Å². The molecule has 1 aromatic carbocycles. The molecule has 0 bridgehead atoms. The Labute approximate surface area is 106 Å². The number of imidazole rings is 1. The van der Waals surface area contributed by atoms with Gasteiger partial charge in [-0.15, -0.1) is 0 Å². The van der Waals surface area contributed by atoms with Gasteiger partial charge in [-0.3, -0.25) is 0 Å². The monoisotopic (exact) mass is 244 g/mol. The average Bonchev–Trinajstić information content (AvgIpc) is 2.91. The van der Waals surface area contributed by atoms with Gasteiger partial charge in [0, 0.05) is 30.2 Å². The second-order valence-corrected chi connectivity index (χ2v) is 3.90. The molecule has 0 saturated heterocycles. The van der Waals surface area contributed by atoms with Crippen molar-refractivity contribution in [1.29, 1.82) is 0 Å². The Hall–Kier alpha value is -2.30. The summed E-state index contributed by atoms with van der Waals surface area (Å²) in [5.74, 6) is 0.817. The van der Waals surface area contributed by atoms with Crippen molar-refractivity contribution >= 4 is 11.7 Å². The van der Waals surface area contributed by atoms with Crippen molar-refractivity contribution in [2.75, 3.05) is 11.9 Å². The third-order valence-corrected chi connectivity index (χ3v) is 2.45. The highest BCUT2D eigenvalue weighted by molar-refractivity contribution is 5.89. The molecule has 2 rings (SSSR count). The van der Waals surface area contributed by atoms with Crippen LogP contribution in [0.15, 0.2) is 36.7 Å². The normalized spacial score (nSPS) is 10.1. The van der Waals surface area contributed by atoms with Crippen molar-refractivity contribution in [1.82, 2.24) is 15.3 Å². The topological polar surface area (TPSA) is 69.8 Å². The molecule has 0 aliphatic heterocycles. The lowest BCUT2D eigenvalue weighted by Gasteiger charge is -2.06. The Morgan fingerprint density at radius 2 is 2.11 bits per heavy atom. The second-order valence-electron chi connectivity index (χ2n) is 3.90. The fraction of sp³-hybridized carbons (Fsp3) is 0.231. The minimum atomic E-state index is -0.178. The first kappa shape index (κ1) is 12.2. The summed E-state index contributed by atoms with van der Waals surface area (Å²) in [6.45, 7) is 2.69. The van der Waals surface area contributed by atoms with Gasteiger partial charge in [0.15, 0.2) is 0 Å². The number of H-pyrrole nitrogens is 1. The van der Waals surface area contributed by atoms with Crippen LogP contribution < -0.4 is 10.6 Å². The highest BCUT2D eigenvalue weighted by atomic mass is 16.2. The summed E-state index contributed by atoms with van der Waals surface area (Å²) in [4.78, 5) is 18.6. The lowest BCUT2D eigenvalue weighted by Crippen LogP contribution is -2.29. The number of aromatic amines is 1. The van der Waals surface area contributed by atoms with Gasteiger partial charge in [0.2, 0.25) is 0 Å². The van der Waals surface area contributed by atoms with Gasteiger partial charge in [0.25, 0.3) is 0 Å². The molecule has 0 unspecified atom stereocenters. The summed E-state index contributed by atoms with van der Waals surface area (Å²) in [7, 11) is 0. The number of nitrogens with one attached hydrogen (secondary N) is 3. The van der Waals surface area contributed by atoms with Crippen LogP contribution in [0.25, 0.3) is 11.4 Å². The molecule has 1 aromatic heterocycles. The third kappa shape index (κ3) is 3.10. The minimum absolute atomic E-state index is 0.178. The van der Waals surface area contributed by atoms with E-state index in [0.29, 0.717) is 6.54 Å². The van der Waals surface area contributed by atoms with E-state index in [9.17, 15) is 4.79 Å². The number of amides is 2. The van der Waals surface area contributed by atoms with Crippen LogP contribution in [0.1, 0.15) is 13.3 Å². The molecule has 5 heteroatoms. The molecule has 94 valence electrons. The molecule has 0 fully saturated rings. The maximum atomic E-state index is 11.4. The standard InChI is InChI=1S/C13H16N4O/c1-2-7-16-13(18)17-11-5-3-10(4-6-11)12-14-8-9-15-12/h3-6,8-9H,2,7H2,1H3,(H,14,15)(H2,16,17,18). The molecule has 0 saturated carbocycles. The molecule has 0 spiro atoms. The number of aromatic nitrogens is 2. The fourth-order valence-electron chi connectivity index (χ4n) is 1.55. The number of nitrogens with zero attached hydrogens (tertiary/aromatic N) is 1. The van der Waals surface area contributed by atoms with Crippen LogP contribution in [0, 0.1) is 0 Å². The molecule has 18 heavy (non-hydrogen) atoms. The molecule has 0 aliphatic carbocycles. The van der Waals surface area contributed by atoms with Crippen LogP contribution in [0.2, 0.25) is 0 Å². The molecule has 2 aromatic rings. The Bertz CT molecular complexity index is 490. The van der Waals surface area contributed by atoms with Crippen LogP contribution in [-0.4, -0.2) is 22.5 Å². The molecular formula is C13H16N4O. The van der Waals surface area contributed by atoms with E-state index in [1.807, 2.05) is 31.2 Å². The van der Waals surface area contributed by atoms with Gasteiger partial charge in [-0.05, 0) is 30.7 Å². The lowest BCUT2D eigenvalue weighted by molar-refractivity contribution is 0.252. The maximum absolute atomic E-state index is 11.4. The van der Waals surface area contributed by atoms with Crippen molar-refractivity contribution < 1.29 is 4.79 Å². The van der Waals surface area contributed by atoms with Gasteiger partial charge in [-0.1, -0.05) is 6.92 Å². The third-order valence-electron chi connectivity index (χ3n) is 2.45. The van der Waals surface area contributed by atoms with Crippen molar-refractivity contribution in [2.24, 2.45) is 0 Å². The molecule has 0 atom stereocenters. The van der Waals surface area contributed by atoms with Gasteiger partial charge >= 0.3 is 6.03 Å². The molecule has 1 heterocycles. The number of benzene rings is 1. The van der Waals surface area contributed by atoms with E-state index >= 15 is 0 Å². The second kappa shape index (κ2) is 5.86. The highest BCUT2D eigenvalue weighted by Gasteiger charge is 2.02. The zero-order valence-corrected chi connectivity index (χ0v) is 10.2. The van der Waals surface area contributed by atoms with Crippen molar-refractivity contribution in [3.05, 3.63) is 36.7 Å². The zero-order chi connectivity index (χ0) is 12.8. The van der Waals surface area contributed by atoms with Crippen molar-refractivity contribution in [2.45, 2.75) is 13.3 Å². The van der Waals surface area contributed by atoms with E-state index in [1.54, 1.807) is 12.4 Å². The number of carbonyl (C=O) groups is 1. The van der Waals surface area contributed by atoms with Gasteiger partial charge in [0.1, 0.15) is 5.82 Å². The maximum Gasteiger partial charge on any atom is 0.319 e. The predicted molar refractivity (Wildman–Crippen MR) is 71.3 cm³/mol. The van der Waals surface area contributed by atoms with Crippen LogP contribution in [0.4, 0.5) is 10.5 Å². The Balaban J connectivity index is 1.98. The smallest absolute Gasteiger partial charge is 0.319 e. The zero-order valence-electron chi connectivity index (χ0n) is 10.2. The summed E-state index contributed by atoms with van der Waals surface area (Å²) in [5, 5.41) is 5.52. The Kier molecular flexibility index (Phi) is 3.96. The predicted octanol–water partition coefficient (Wildman–Crippen LogP) is 2.61. The van der Waals surface area contributed by atoms with E-state index < -0.39 is 0 Å². The average molecular weight is 244 g/mol.